The number of nitrogens with one attached hydrogen (secondary N) is 1. The number of aromatic nitrogens is 3. The molecule has 0 radical (unpaired) electrons. The summed E-state index contributed by atoms with van der Waals surface area (Å²) in [6.07, 6.45) is 7.92. The molecule has 13 heteroatoms. The Hall–Kier alpha value is -5.14. The molecule has 5 aromatic rings. The molecule has 1 aliphatic heterocycles. The topological polar surface area (TPSA) is 136 Å². The molecule has 242 valence electrons. The molecule has 0 saturated carbocycles. The van der Waals surface area contributed by atoms with E-state index in [1.54, 1.807) is 59.6 Å². The zero-order valence-corrected chi connectivity index (χ0v) is 26.4. The highest BCUT2D eigenvalue weighted by Gasteiger charge is 2.22. The summed E-state index contributed by atoms with van der Waals surface area (Å²) < 4.78 is 23.9. The summed E-state index contributed by atoms with van der Waals surface area (Å²) in [6, 6.07) is 16.3. The number of nitrogens with zero attached hydrogens (tertiary/aromatic N) is 5. The van der Waals surface area contributed by atoms with Gasteiger partial charge in [-0.1, -0.05) is 18.2 Å². The molecule has 0 bridgehead atoms. The zero-order chi connectivity index (χ0) is 32.8. The third-order valence-electron chi connectivity index (χ3n) is 7.74. The van der Waals surface area contributed by atoms with Gasteiger partial charge >= 0.3 is 0 Å². The van der Waals surface area contributed by atoms with Crippen molar-refractivity contribution in [3.8, 4) is 22.1 Å². The highest BCUT2D eigenvalue weighted by atomic mass is 32.1. The number of ether oxygens (including phenoxy) is 1. The van der Waals surface area contributed by atoms with Gasteiger partial charge in [0.2, 0.25) is 17.7 Å². The average molecular weight is 656 g/mol. The van der Waals surface area contributed by atoms with E-state index in [9.17, 15) is 14.4 Å². The van der Waals surface area contributed by atoms with E-state index in [1.807, 2.05) is 12.3 Å². The Morgan fingerprint density at radius 3 is 2.57 bits per heavy atom. The maximum atomic E-state index is 15.5. The minimum atomic E-state index is -0.788. The first-order chi connectivity index (χ1) is 22.8. The number of likely N-dealkylation sites (tertiary alicyclic amines) is 1. The Labute approximate surface area is 274 Å². The van der Waals surface area contributed by atoms with E-state index < -0.39 is 24.1 Å². The van der Waals surface area contributed by atoms with E-state index in [0.29, 0.717) is 33.9 Å². The van der Waals surface area contributed by atoms with Crippen LogP contribution in [0.25, 0.3) is 20.8 Å². The number of thiophene rings is 1. The number of nitrogens with two attached hydrogens (primary N) is 1. The minimum absolute atomic E-state index is 0.0534. The number of amides is 3. The summed E-state index contributed by atoms with van der Waals surface area (Å²) in [6.45, 7) is 4.11. The van der Waals surface area contributed by atoms with Crippen LogP contribution in [-0.4, -0.2) is 63.3 Å². The van der Waals surface area contributed by atoms with Crippen LogP contribution in [0.5, 0.6) is 11.5 Å². The highest BCUT2D eigenvalue weighted by molar-refractivity contribution is 7.22. The van der Waals surface area contributed by atoms with Crippen molar-refractivity contribution in [2.24, 2.45) is 5.73 Å². The molecule has 3 aromatic heterocycles. The lowest BCUT2D eigenvalue weighted by atomic mass is 10.2. The van der Waals surface area contributed by atoms with Crippen molar-refractivity contribution < 1.29 is 23.5 Å². The Morgan fingerprint density at radius 2 is 1.81 bits per heavy atom. The number of primary amides is 1. The molecule has 1 fully saturated rings. The van der Waals surface area contributed by atoms with Crippen LogP contribution in [0.1, 0.15) is 25.7 Å². The Morgan fingerprint density at radius 1 is 1.00 bits per heavy atom. The van der Waals surface area contributed by atoms with Crippen LogP contribution in [0, 0.1) is 5.82 Å². The lowest BCUT2D eigenvalue weighted by Crippen LogP contribution is -2.30. The number of carbonyl (C=O) groups is 3. The van der Waals surface area contributed by atoms with E-state index in [0.717, 1.165) is 30.9 Å². The van der Waals surface area contributed by atoms with Crippen LogP contribution < -0.4 is 20.7 Å². The van der Waals surface area contributed by atoms with Gasteiger partial charge in [-0.25, -0.2) is 9.37 Å². The Bertz CT molecular complexity index is 1890. The molecule has 0 spiro atoms. The third kappa shape index (κ3) is 7.81. The van der Waals surface area contributed by atoms with Gasteiger partial charge in [0.15, 0.2) is 11.6 Å². The van der Waals surface area contributed by atoms with Gasteiger partial charge in [-0.2, -0.15) is 0 Å². The molecule has 1 aliphatic rings. The normalized spacial score (nSPS) is 13.1. The van der Waals surface area contributed by atoms with Crippen molar-refractivity contribution in [2.75, 3.05) is 31.1 Å². The van der Waals surface area contributed by atoms with Crippen LogP contribution in [0.4, 0.5) is 15.8 Å². The van der Waals surface area contributed by atoms with Crippen LogP contribution >= 0.6 is 11.3 Å². The second kappa shape index (κ2) is 14.5. The largest absolute Gasteiger partial charge is 0.453 e. The fourth-order valence-electron chi connectivity index (χ4n) is 5.53. The molecule has 0 atom stereocenters. The van der Waals surface area contributed by atoms with E-state index in [4.69, 9.17) is 10.5 Å². The van der Waals surface area contributed by atoms with Gasteiger partial charge in [0.05, 0.1) is 32.8 Å². The van der Waals surface area contributed by atoms with E-state index in [2.05, 4.69) is 20.2 Å². The van der Waals surface area contributed by atoms with Crippen molar-refractivity contribution in [3.63, 3.8) is 0 Å². The van der Waals surface area contributed by atoms with Gasteiger partial charge in [-0.15, -0.1) is 11.3 Å². The second-order valence-electron chi connectivity index (χ2n) is 11.2. The highest BCUT2D eigenvalue weighted by Crippen LogP contribution is 2.40. The van der Waals surface area contributed by atoms with Gasteiger partial charge in [0.1, 0.15) is 18.7 Å². The summed E-state index contributed by atoms with van der Waals surface area (Å²) in [7, 11) is 0. The standard InChI is InChI=1S/C34H34FN7O4S/c35-25-17-24(42(33(45)19-31(36)43)23-7-2-1-3-8-23)9-10-28(25)46-29-11-13-37-26-18-30(47-34(26)29)27-20-41(22-39-27)21-32(44)38-12-6-16-40-14-4-5-15-40/h1-3,7-11,13,17-18,20,22H,4-6,12,14-16,19,21H2,(H2,36,43)(H,38,44). The smallest absolute Gasteiger partial charge is 0.240 e. The predicted molar refractivity (Wildman–Crippen MR) is 178 cm³/mol. The number of hydrogen-bond acceptors (Lipinski definition) is 8. The van der Waals surface area contributed by atoms with Crippen LogP contribution in [0.3, 0.4) is 0 Å². The molecular formula is C34H34FN7O4S. The molecular weight excluding hydrogens is 621 g/mol. The molecule has 0 unspecified atom stereocenters. The van der Waals surface area contributed by atoms with Crippen molar-refractivity contribution in [1.29, 1.82) is 0 Å². The number of rotatable bonds is 13. The van der Waals surface area contributed by atoms with E-state index >= 15 is 4.39 Å². The fourth-order valence-corrected chi connectivity index (χ4v) is 6.55. The quantitative estimate of drug-likeness (QED) is 0.131. The maximum absolute atomic E-state index is 15.5. The first-order valence-electron chi connectivity index (χ1n) is 15.4. The van der Waals surface area contributed by atoms with Crippen LogP contribution in [0.2, 0.25) is 0 Å². The summed E-state index contributed by atoms with van der Waals surface area (Å²) in [5.74, 6) is -1.80. The van der Waals surface area contributed by atoms with Gasteiger partial charge < -0.3 is 25.3 Å². The molecule has 6 rings (SSSR count). The molecule has 0 aliphatic carbocycles. The van der Waals surface area contributed by atoms with Gasteiger partial charge in [0.25, 0.3) is 0 Å². The molecule has 3 amide bonds. The van der Waals surface area contributed by atoms with Crippen molar-refractivity contribution in [1.82, 2.24) is 24.8 Å². The summed E-state index contributed by atoms with van der Waals surface area (Å²) in [5, 5.41) is 2.98. The summed E-state index contributed by atoms with van der Waals surface area (Å²) >= 11 is 1.39. The van der Waals surface area contributed by atoms with E-state index in [-0.39, 0.29) is 23.9 Å². The number of carbonyl (C=O) groups excluding carboxylic acids is 3. The minimum Gasteiger partial charge on any atom is -0.453 e. The first-order valence-corrected chi connectivity index (χ1v) is 16.2. The third-order valence-corrected chi connectivity index (χ3v) is 8.90. The second-order valence-corrected chi connectivity index (χ2v) is 12.3. The Kier molecular flexibility index (Phi) is 9.83. The molecule has 3 N–H and O–H groups in total. The number of hydrogen-bond donors (Lipinski definition) is 2. The molecule has 11 nitrogen and oxygen atoms in total. The molecule has 2 aromatic carbocycles. The number of anilines is 2. The van der Waals surface area contributed by atoms with Crippen molar-refractivity contribution in [2.45, 2.75) is 32.2 Å². The predicted octanol–water partition coefficient (Wildman–Crippen LogP) is 5.23. The van der Waals surface area contributed by atoms with Crippen LogP contribution in [0.15, 0.2) is 79.4 Å². The van der Waals surface area contributed by atoms with Gasteiger partial charge in [0, 0.05) is 36.8 Å². The number of imidazole rings is 1. The SMILES string of the molecule is NC(=O)CC(=O)N(c1ccccc1)c1ccc(Oc2ccnc3cc(-c4cn(CC(=O)NCCCN5CCCC5)cn4)sc23)c(F)c1. The van der Waals surface area contributed by atoms with Gasteiger partial charge in [-0.3, -0.25) is 24.3 Å². The lowest BCUT2D eigenvalue weighted by Gasteiger charge is -2.23. The van der Waals surface area contributed by atoms with Crippen LogP contribution in [-0.2, 0) is 20.9 Å². The number of benzene rings is 2. The number of fused-ring (bicyclic) bond motifs is 1. The first kappa shape index (κ1) is 31.8. The lowest BCUT2D eigenvalue weighted by molar-refractivity contribution is -0.126. The monoisotopic (exact) mass is 655 g/mol. The Balaban J connectivity index is 1.14. The van der Waals surface area contributed by atoms with Crippen molar-refractivity contribution >= 4 is 50.6 Å². The zero-order valence-electron chi connectivity index (χ0n) is 25.6. The molecule has 1 saturated heterocycles. The molecule has 47 heavy (non-hydrogen) atoms. The average Bonchev–Trinajstić information content (AvgIpc) is 3.83. The number of pyridine rings is 1. The maximum Gasteiger partial charge on any atom is 0.240 e. The summed E-state index contributed by atoms with van der Waals surface area (Å²) in [4.78, 5) is 50.3. The number of halogens is 1. The van der Waals surface area contributed by atoms with Crippen molar-refractivity contribution in [3.05, 3.63) is 85.2 Å². The number of para-hydroxylation sites is 1. The summed E-state index contributed by atoms with van der Waals surface area (Å²) in [5.41, 5.74) is 7.27. The molecule has 4 heterocycles. The van der Waals surface area contributed by atoms with Gasteiger partial charge in [-0.05, 0) is 69.2 Å². The fraction of sp³-hybridized carbons (Fsp3) is 0.265. The van der Waals surface area contributed by atoms with E-state index in [1.165, 1.54) is 41.2 Å².